The monoisotopic (exact) mass is 326 g/mol. The van der Waals surface area contributed by atoms with Crippen molar-refractivity contribution in [1.82, 2.24) is 4.98 Å². The van der Waals surface area contributed by atoms with Gasteiger partial charge in [-0.3, -0.25) is 0 Å². The molecule has 4 nitrogen and oxygen atoms in total. The first kappa shape index (κ1) is 13.7. The third kappa shape index (κ3) is 4.67. The van der Waals surface area contributed by atoms with Crippen LogP contribution in [0.15, 0.2) is 16.7 Å². The minimum Gasteiger partial charge on any atom is -0.379 e. The van der Waals surface area contributed by atoms with Crippen molar-refractivity contribution in [3.8, 4) is 0 Å². The van der Waals surface area contributed by atoms with Gasteiger partial charge in [0.2, 0.25) is 0 Å². The van der Waals surface area contributed by atoms with E-state index >= 15 is 0 Å². The number of nitrogens with one attached hydrogen (secondary N) is 1. The summed E-state index contributed by atoms with van der Waals surface area (Å²) in [5, 5.41) is 3.33. The SMILES string of the molecule is CC(CS(C)(=O)=O)Nc1cc(Br)cnc1Cl. The van der Waals surface area contributed by atoms with E-state index in [1.54, 1.807) is 19.2 Å². The molecule has 1 aromatic heterocycles. The first-order chi connectivity index (χ1) is 7.28. The molecule has 0 saturated carbocycles. The van der Waals surface area contributed by atoms with Crippen LogP contribution >= 0.6 is 27.5 Å². The minimum atomic E-state index is -3.00. The molecule has 1 atom stereocenters. The molecule has 7 heteroatoms. The lowest BCUT2D eigenvalue weighted by Gasteiger charge is -2.14. The van der Waals surface area contributed by atoms with E-state index in [0.29, 0.717) is 10.8 Å². The fourth-order valence-electron chi connectivity index (χ4n) is 1.29. The van der Waals surface area contributed by atoms with E-state index in [1.165, 1.54) is 6.26 Å². The molecule has 0 amide bonds. The zero-order valence-electron chi connectivity index (χ0n) is 8.87. The molecule has 0 spiro atoms. The number of rotatable bonds is 4. The number of sulfone groups is 1. The number of aromatic nitrogens is 1. The van der Waals surface area contributed by atoms with E-state index in [1.807, 2.05) is 0 Å². The molecule has 0 bridgehead atoms. The van der Waals surface area contributed by atoms with Crippen molar-refractivity contribution in [3.63, 3.8) is 0 Å². The van der Waals surface area contributed by atoms with Gasteiger partial charge in [0.25, 0.3) is 0 Å². The molecule has 1 rings (SSSR count). The second kappa shape index (κ2) is 5.33. The molecule has 1 aromatic rings. The van der Waals surface area contributed by atoms with Crippen LogP contribution in [0, 0.1) is 0 Å². The van der Waals surface area contributed by atoms with Crippen LogP contribution in [0.1, 0.15) is 6.92 Å². The van der Waals surface area contributed by atoms with Crippen LogP contribution in [0.2, 0.25) is 5.15 Å². The lowest BCUT2D eigenvalue weighted by Crippen LogP contribution is -2.25. The summed E-state index contributed by atoms with van der Waals surface area (Å²) in [5.41, 5.74) is 0.618. The Balaban J connectivity index is 2.77. The van der Waals surface area contributed by atoms with Crippen molar-refractivity contribution in [2.24, 2.45) is 0 Å². The molecule has 0 aliphatic heterocycles. The van der Waals surface area contributed by atoms with E-state index in [-0.39, 0.29) is 11.8 Å². The number of nitrogens with zero attached hydrogens (tertiary/aromatic N) is 1. The maximum Gasteiger partial charge on any atom is 0.152 e. The van der Waals surface area contributed by atoms with Crippen LogP contribution in [0.25, 0.3) is 0 Å². The van der Waals surface area contributed by atoms with Gasteiger partial charge in [0.1, 0.15) is 9.84 Å². The van der Waals surface area contributed by atoms with Crippen LogP contribution in [0.5, 0.6) is 0 Å². The average molecular weight is 328 g/mol. The number of anilines is 1. The highest BCUT2D eigenvalue weighted by molar-refractivity contribution is 9.10. The predicted molar refractivity (Wildman–Crippen MR) is 69.7 cm³/mol. The molecule has 0 aromatic carbocycles. The summed E-state index contributed by atoms with van der Waals surface area (Å²) in [4.78, 5) is 3.93. The van der Waals surface area contributed by atoms with Crippen LogP contribution in [-0.4, -0.2) is 31.5 Å². The Labute approximate surface area is 108 Å². The van der Waals surface area contributed by atoms with E-state index in [4.69, 9.17) is 11.6 Å². The molecule has 0 radical (unpaired) electrons. The molecule has 0 aliphatic carbocycles. The topological polar surface area (TPSA) is 59.1 Å². The molecular formula is C9H12BrClN2O2S. The van der Waals surface area contributed by atoms with Crippen LogP contribution in [0.4, 0.5) is 5.69 Å². The second-order valence-corrected chi connectivity index (χ2v) is 7.09. The van der Waals surface area contributed by atoms with Gasteiger partial charge >= 0.3 is 0 Å². The molecule has 1 unspecified atom stereocenters. The summed E-state index contributed by atoms with van der Waals surface area (Å²) in [6.07, 6.45) is 2.78. The first-order valence-corrected chi connectivity index (χ1v) is 7.76. The Morgan fingerprint density at radius 3 is 2.81 bits per heavy atom. The smallest absolute Gasteiger partial charge is 0.152 e. The van der Waals surface area contributed by atoms with Crippen molar-refractivity contribution < 1.29 is 8.42 Å². The van der Waals surface area contributed by atoms with Crippen molar-refractivity contribution in [2.45, 2.75) is 13.0 Å². The number of pyridine rings is 1. The molecule has 16 heavy (non-hydrogen) atoms. The van der Waals surface area contributed by atoms with Crippen LogP contribution in [-0.2, 0) is 9.84 Å². The third-order valence-electron chi connectivity index (χ3n) is 1.76. The summed E-state index contributed by atoms with van der Waals surface area (Å²) in [6, 6.07) is 1.54. The van der Waals surface area contributed by atoms with Gasteiger partial charge in [0.05, 0.1) is 11.4 Å². The fraction of sp³-hybridized carbons (Fsp3) is 0.444. The van der Waals surface area contributed by atoms with Gasteiger partial charge in [-0.25, -0.2) is 13.4 Å². The van der Waals surface area contributed by atoms with Gasteiger partial charge in [-0.15, -0.1) is 0 Å². The molecule has 0 aliphatic rings. The summed E-state index contributed by atoms with van der Waals surface area (Å²) in [6.45, 7) is 1.78. The quantitative estimate of drug-likeness (QED) is 0.862. The van der Waals surface area contributed by atoms with Gasteiger partial charge in [0.15, 0.2) is 5.15 Å². The molecule has 0 saturated heterocycles. The van der Waals surface area contributed by atoms with Gasteiger partial charge in [-0.1, -0.05) is 11.6 Å². The van der Waals surface area contributed by atoms with E-state index in [0.717, 1.165) is 4.47 Å². The van der Waals surface area contributed by atoms with Crippen molar-refractivity contribution in [3.05, 3.63) is 21.9 Å². The summed E-state index contributed by atoms with van der Waals surface area (Å²) in [7, 11) is -3.00. The Kier molecular flexibility index (Phi) is 4.58. The van der Waals surface area contributed by atoms with Crippen LogP contribution in [0.3, 0.4) is 0 Å². The summed E-state index contributed by atoms with van der Waals surface area (Å²) < 4.78 is 23.0. The van der Waals surface area contributed by atoms with Gasteiger partial charge in [0, 0.05) is 23.0 Å². The highest BCUT2D eigenvalue weighted by Crippen LogP contribution is 2.23. The Bertz CT molecular complexity index is 478. The number of hydrogen-bond donors (Lipinski definition) is 1. The van der Waals surface area contributed by atoms with Crippen LogP contribution < -0.4 is 5.32 Å². The number of halogens is 2. The van der Waals surface area contributed by atoms with E-state index in [2.05, 4.69) is 26.2 Å². The molecule has 90 valence electrons. The van der Waals surface area contributed by atoms with Crippen molar-refractivity contribution >= 4 is 43.1 Å². The average Bonchev–Trinajstić information content (AvgIpc) is 2.08. The second-order valence-electron chi connectivity index (χ2n) is 3.63. The molecular weight excluding hydrogens is 316 g/mol. The van der Waals surface area contributed by atoms with E-state index in [9.17, 15) is 8.42 Å². The standard InChI is InChI=1S/C9H12BrClN2O2S/c1-6(5-16(2,14)15)13-8-3-7(10)4-12-9(8)11/h3-4,6,13H,5H2,1-2H3. The lowest BCUT2D eigenvalue weighted by molar-refractivity contribution is 0.598. The Hall–Kier alpha value is -0.330. The Morgan fingerprint density at radius 2 is 2.25 bits per heavy atom. The molecule has 1 N–H and O–H groups in total. The van der Waals surface area contributed by atoms with Crippen molar-refractivity contribution in [2.75, 3.05) is 17.3 Å². The zero-order chi connectivity index (χ0) is 12.3. The zero-order valence-corrected chi connectivity index (χ0v) is 12.0. The van der Waals surface area contributed by atoms with Crippen molar-refractivity contribution in [1.29, 1.82) is 0 Å². The predicted octanol–water partition coefficient (Wildman–Crippen LogP) is 2.34. The highest BCUT2D eigenvalue weighted by Gasteiger charge is 2.12. The van der Waals surface area contributed by atoms with E-state index < -0.39 is 9.84 Å². The van der Waals surface area contributed by atoms with Gasteiger partial charge in [-0.05, 0) is 28.9 Å². The minimum absolute atomic E-state index is 0.0514. The van der Waals surface area contributed by atoms with Gasteiger partial charge in [-0.2, -0.15) is 0 Å². The normalized spacial score (nSPS) is 13.5. The lowest BCUT2D eigenvalue weighted by atomic mass is 10.3. The van der Waals surface area contributed by atoms with Gasteiger partial charge < -0.3 is 5.32 Å². The first-order valence-electron chi connectivity index (χ1n) is 4.53. The largest absolute Gasteiger partial charge is 0.379 e. The summed E-state index contributed by atoms with van der Waals surface area (Å²) >= 11 is 9.14. The molecule has 0 fully saturated rings. The highest BCUT2D eigenvalue weighted by atomic mass is 79.9. The fourth-order valence-corrected chi connectivity index (χ4v) is 2.77. The number of hydrogen-bond acceptors (Lipinski definition) is 4. The summed E-state index contributed by atoms with van der Waals surface area (Å²) in [5.74, 6) is 0.0514. The molecule has 1 heterocycles. The Morgan fingerprint density at radius 1 is 1.62 bits per heavy atom. The maximum absolute atomic E-state index is 11.1. The maximum atomic E-state index is 11.1. The third-order valence-corrected chi connectivity index (χ3v) is 3.60.